The van der Waals surface area contributed by atoms with E-state index in [1.54, 1.807) is 7.05 Å². The van der Waals surface area contributed by atoms with Crippen molar-refractivity contribution < 1.29 is 62.7 Å². The molecule has 0 rings (SSSR count). The third-order valence-electron chi connectivity index (χ3n) is 10.7. The maximum Gasteiger partial charge on any atom is 0.326 e. The lowest BCUT2D eigenvalue weighted by Crippen LogP contribution is -2.48. The number of nitrogens with two attached hydrogens (primary N) is 1. The summed E-state index contributed by atoms with van der Waals surface area (Å²) in [5.74, 6) is -3.36. The van der Waals surface area contributed by atoms with Crippen molar-refractivity contribution in [1.82, 2.24) is 31.9 Å². The number of hydrogen-bond donors (Lipinski definition) is 9. The van der Waals surface area contributed by atoms with Crippen LogP contribution in [0.2, 0.25) is 0 Å². The summed E-state index contributed by atoms with van der Waals surface area (Å²) in [5, 5.41) is 34.8. The number of carbonyl (C=O) groups is 7. The second kappa shape index (κ2) is 45.0. The summed E-state index contributed by atoms with van der Waals surface area (Å²) in [6.45, 7) is 3.41. The molecule has 2 unspecified atom stereocenters. The van der Waals surface area contributed by atoms with E-state index in [-0.39, 0.29) is 121 Å². The Hall–Kier alpha value is -3.79. The molecule has 384 valence electrons. The van der Waals surface area contributed by atoms with E-state index in [0.717, 1.165) is 19.3 Å². The summed E-state index contributed by atoms with van der Waals surface area (Å²) in [4.78, 5) is 83.7. The summed E-state index contributed by atoms with van der Waals surface area (Å²) >= 11 is 0. The van der Waals surface area contributed by atoms with Crippen molar-refractivity contribution in [2.45, 2.75) is 160 Å². The Bertz CT molecular complexity index is 1300. The molecule has 5 amide bonds. The zero-order valence-corrected chi connectivity index (χ0v) is 40.2. The van der Waals surface area contributed by atoms with Gasteiger partial charge in [0, 0.05) is 32.5 Å². The van der Waals surface area contributed by atoms with Crippen LogP contribution in [0.4, 0.5) is 0 Å². The van der Waals surface area contributed by atoms with E-state index in [4.69, 9.17) is 29.8 Å². The number of Topliss-reactive ketones (excluding diaryl/α,β-unsaturated/α-hetero) is 1. The van der Waals surface area contributed by atoms with Gasteiger partial charge in [-0.15, -0.1) is 0 Å². The number of unbranched alkanes of at least 4 members (excludes halogenated alkanes) is 15. The molecule has 10 N–H and O–H groups in total. The molecule has 0 spiro atoms. The molecular weight excluding hydrogens is 859 g/mol. The highest BCUT2D eigenvalue weighted by molar-refractivity contribution is 5.87. The first-order valence-electron chi connectivity index (χ1n) is 24.4. The van der Waals surface area contributed by atoms with Gasteiger partial charge in [0.05, 0.1) is 58.8 Å². The van der Waals surface area contributed by atoms with Crippen LogP contribution in [0.25, 0.3) is 0 Å². The highest BCUT2D eigenvalue weighted by atomic mass is 16.5. The lowest BCUT2D eigenvalue weighted by molar-refractivity contribution is -0.142. The fraction of sp³-hybridized carbons (Fsp3) is 0.848. The van der Waals surface area contributed by atoms with Crippen molar-refractivity contribution in [1.29, 1.82) is 0 Å². The van der Waals surface area contributed by atoms with Crippen LogP contribution in [0.15, 0.2) is 0 Å². The lowest BCUT2D eigenvalue weighted by Gasteiger charge is -2.17. The Kier molecular flexibility index (Phi) is 42.4. The monoisotopic (exact) mass is 946 g/mol. The van der Waals surface area contributed by atoms with Crippen molar-refractivity contribution in [2.24, 2.45) is 5.73 Å². The molecule has 0 saturated carbocycles. The minimum absolute atomic E-state index is 0.0179. The number of aliphatic carboxylic acids is 1. The molecule has 0 fully saturated rings. The fourth-order valence-electron chi connectivity index (χ4n) is 6.71. The Labute approximate surface area is 393 Å². The van der Waals surface area contributed by atoms with Gasteiger partial charge in [0.25, 0.3) is 0 Å². The van der Waals surface area contributed by atoms with Gasteiger partial charge in [0.15, 0.2) is 5.78 Å². The number of rotatable bonds is 49. The average molecular weight is 946 g/mol. The van der Waals surface area contributed by atoms with E-state index in [0.29, 0.717) is 32.2 Å². The minimum Gasteiger partial charge on any atom is -0.480 e. The maximum atomic E-state index is 12.3. The predicted molar refractivity (Wildman–Crippen MR) is 250 cm³/mol. The van der Waals surface area contributed by atoms with Crippen molar-refractivity contribution in [3.63, 3.8) is 0 Å². The number of carboxylic acids is 1. The number of likely N-dealkylation sites (N-methyl/N-ethyl adjacent to an activating group) is 1. The highest BCUT2D eigenvalue weighted by Gasteiger charge is 2.21. The summed E-state index contributed by atoms with van der Waals surface area (Å²) in [5.41, 5.74) is 5.15. The Balaban J connectivity index is 3.72. The van der Waals surface area contributed by atoms with Gasteiger partial charge in [-0.25, -0.2) is 4.79 Å². The number of ketones is 1. The molecule has 0 bridgehead atoms. The fourth-order valence-corrected chi connectivity index (χ4v) is 6.71. The molecule has 0 aliphatic heterocycles. The third kappa shape index (κ3) is 39.4. The van der Waals surface area contributed by atoms with Crippen LogP contribution in [0, 0.1) is 0 Å². The number of ether oxygens (including phenoxy) is 4. The topological polar surface area (TPSA) is 295 Å². The number of carbonyl (C=O) groups excluding carboxylic acids is 6. The molecule has 0 aliphatic rings. The molecule has 0 aromatic heterocycles. The second-order valence-corrected chi connectivity index (χ2v) is 16.4. The zero-order valence-electron chi connectivity index (χ0n) is 40.2. The normalized spacial score (nSPS) is 12.5. The number of hydrogen-bond acceptors (Lipinski definition) is 14. The van der Waals surface area contributed by atoms with E-state index in [2.05, 4.69) is 38.8 Å². The van der Waals surface area contributed by atoms with Crippen molar-refractivity contribution in [3.8, 4) is 0 Å². The number of aliphatic hydroxyl groups excluding tert-OH is 1. The van der Waals surface area contributed by atoms with Gasteiger partial charge in [-0.3, -0.25) is 34.1 Å². The van der Waals surface area contributed by atoms with Crippen LogP contribution < -0.4 is 37.6 Å². The molecule has 0 heterocycles. The largest absolute Gasteiger partial charge is 0.480 e. The summed E-state index contributed by atoms with van der Waals surface area (Å²) in [7, 11) is 1.66. The quantitative estimate of drug-likeness (QED) is 0.0393. The SMILES string of the molecule is CCCCCCCCCCCCCCCCCC(=O)NC(CCC(=O)NCCOCCOCC(=O)NCCOCCOCC(=O)NCCCC[C@H](NC)C(=O)CNC(CO)C(N)=O)C(=O)O. The molecular formula is C46H87N7O13. The van der Waals surface area contributed by atoms with Gasteiger partial charge in [-0.1, -0.05) is 96.8 Å². The molecule has 0 aromatic rings. The van der Waals surface area contributed by atoms with Crippen molar-refractivity contribution in [2.75, 3.05) is 92.7 Å². The van der Waals surface area contributed by atoms with E-state index in [1.807, 2.05) is 0 Å². The van der Waals surface area contributed by atoms with Crippen molar-refractivity contribution in [3.05, 3.63) is 0 Å². The highest BCUT2D eigenvalue weighted by Crippen LogP contribution is 2.14. The standard InChI is InChI=1S/C46H87N7O13/c1-3-4-5-6-7-8-9-10-11-12-13-14-15-16-17-21-42(57)53-38(46(61)62)22-23-41(56)50-25-27-63-29-32-66-36-44(59)51-26-28-64-30-31-65-35-43(58)49-24-19-18-20-37(48-2)40(55)33-52-39(34-54)45(47)60/h37-39,48,52,54H,3-36H2,1-2H3,(H2,47,60)(H,49,58)(H,50,56)(H,51,59)(H,53,57)(H,61,62)/t37-,38?,39?/m0/s1. The van der Waals surface area contributed by atoms with E-state index in [9.17, 15) is 38.7 Å². The predicted octanol–water partition coefficient (Wildman–Crippen LogP) is 1.78. The first-order valence-corrected chi connectivity index (χ1v) is 24.4. The molecule has 0 saturated heterocycles. The lowest BCUT2D eigenvalue weighted by atomic mass is 10.0. The molecule has 3 atom stereocenters. The van der Waals surface area contributed by atoms with Gasteiger partial charge in [0.2, 0.25) is 29.5 Å². The van der Waals surface area contributed by atoms with Crippen LogP contribution in [-0.4, -0.2) is 162 Å². The number of primary amides is 1. The van der Waals surface area contributed by atoms with E-state index in [1.165, 1.54) is 70.6 Å². The third-order valence-corrected chi connectivity index (χ3v) is 10.7. The molecule has 0 aliphatic carbocycles. The van der Waals surface area contributed by atoms with Gasteiger partial charge in [-0.05, 0) is 39.2 Å². The van der Waals surface area contributed by atoms with Crippen LogP contribution >= 0.6 is 0 Å². The minimum atomic E-state index is -1.17. The smallest absolute Gasteiger partial charge is 0.326 e. The Morgan fingerprint density at radius 2 is 1.00 bits per heavy atom. The van der Waals surface area contributed by atoms with Crippen LogP contribution in [0.1, 0.15) is 142 Å². The van der Waals surface area contributed by atoms with E-state index < -0.39 is 36.6 Å². The molecule has 66 heavy (non-hydrogen) atoms. The number of carboxylic acid groups (broad SMARTS) is 1. The number of amides is 5. The molecule has 20 heteroatoms. The zero-order chi connectivity index (χ0) is 48.9. The second-order valence-electron chi connectivity index (χ2n) is 16.4. The summed E-state index contributed by atoms with van der Waals surface area (Å²) < 4.78 is 21.4. The first kappa shape index (κ1) is 62.2. The average Bonchev–Trinajstić information content (AvgIpc) is 3.29. The first-order chi connectivity index (χ1) is 31.9. The summed E-state index contributed by atoms with van der Waals surface area (Å²) in [6, 6.07) is -2.56. The van der Waals surface area contributed by atoms with Gasteiger partial charge < -0.3 is 61.5 Å². The summed E-state index contributed by atoms with van der Waals surface area (Å²) in [6.07, 6.45) is 20.4. The van der Waals surface area contributed by atoms with Crippen LogP contribution in [-0.2, 0) is 52.5 Å². The number of nitrogens with one attached hydrogen (secondary N) is 6. The number of aliphatic hydroxyl groups is 1. The Morgan fingerprint density at radius 1 is 0.515 bits per heavy atom. The van der Waals surface area contributed by atoms with Gasteiger partial charge >= 0.3 is 5.97 Å². The maximum absolute atomic E-state index is 12.3. The molecule has 0 aromatic carbocycles. The van der Waals surface area contributed by atoms with Gasteiger partial charge in [0.1, 0.15) is 25.3 Å². The molecule has 0 radical (unpaired) electrons. The van der Waals surface area contributed by atoms with Crippen LogP contribution in [0.5, 0.6) is 0 Å². The molecule has 20 nitrogen and oxygen atoms in total. The Morgan fingerprint density at radius 3 is 1.48 bits per heavy atom. The van der Waals surface area contributed by atoms with Crippen molar-refractivity contribution >= 4 is 41.3 Å². The van der Waals surface area contributed by atoms with E-state index >= 15 is 0 Å². The van der Waals surface area contributed by atoms with Gasteiger partial charge in [-0.2, -0.15) is 0 Å². The van der Waals surface area contributed by atoms with Crippen LogP contribution in [0.3, 0.4) is 0 Å².